The molecule has 2 aromatic rings. The Hall–Kier alpha value is -1.25. The number of halogens is 3. The molecule has 104 valence electrons. The van der Waals surface area contributed by atoms with Crippen molar-refractivity contribution in [1.29, 1.82) is 0 Å². The zero-order valence-corrected chi connectivity index (χ0v) is 12.3. The van der Waals surface area contributed by atoms with E-state index in [9.17, 15) is 4.39 Å². The molecule has 3 rings (SSSR count). The van der Waals surface area contributed by atoms with Crippen molar-refractivity contribution < 1.29 is 4.39 Å². The first-order valence-electron chi connectivity index (χ1n) is 6.61. The van der Waals surface area contributed by atoms with Crippen LogP contribution in [0, 0.1) is 11.7 Å². The lowest BCUT2D eigenvalue weighted by atomic mass is 10.0. The summed E-state index contributed by atoms with van der Waals surface area (Å²) in [6.07, 6.45) is 2.31. The summed E-state index contributed by atoms with van der Waals surface area (Å²) in [7, 11) is 0. The summed E-state index contributed by atoms with van der Waals surface area (Å²) in [4.78, 5) is 0. The van der Waals surface area contributed by atoms with Gasteiger partial charge >= 0.3 is 0 Å². The lowest BCUT2D eigenvalue weighted by Crippen LogP contribution is -2.13. The van der Waals surface area contributed by atoms with Crippen molar-refractivity contribution in [2.24, 2.45) is 5.92 Å². The zero-order chi connectivity index (χ0) is 14.1. The van der Waals surface area contributed by atoms with Crippen molar-refractivity contribution in [2.75, 3.05) is 5.32 Å². The van der Waals surface area contributed by atoms with Crippen molar-refractivity contribution in [3.05, 3.63) is 63.9 Å². The lowest BCUT2D eigenvalue weighted by molar-refractivity contribution is 0.617. The molecule has 0 bridgehead atoms. The van der Waals surface area contributed by atoms with Crippen LogP contribution in [0.2, 0.25) is 10.0 Å². The highest BCUT2D eigenvalue weighted by atomic mass is 35.5. The van der Waals surface area contributed by atoms with E-state index in [1.807, 2.05) is 24.3 Å². The van der Waals surface area contributed by atoms with E-state index >= 15 is 0 Å². The molecular weight excluding hydrogens is 296 g/mol. The summed E-state index contributed by atoms with van der Waals surface area (Å²) >= 11 is 11.7. The maximum absolute atomic E-state index is 14.0. The maximum atomic E-state index is 14.0. The fraction of sp³-hybridized carbons (Fsp3) is 0.250. The van der Waals surface area contributed by atoms with Gasteiger partial charge in [-0.15, -0.1) is 0 Å². The normalized spacial score (nSPS) is 15.9. The van der Waals surface area contributed by atoms with Crippen molar-refractivity contribution in [1.82, 2.24) is 0 Å². The highest BCUT2D eigenvalue weighted by Gasteiger charge is 2.32. The molecule has 0 spiro atoms. The topological polar surface area (TPSA) is 12.0 Å². The van der Waals surface area contributed by atoms with Gasteiger partial charge in [-0.25, -0.2) is 4.39 Å². The minimum Gasteiger partial charge on any atom is -0.376 e. The first-order chi connectivity index (χ1) is 9.65. The van der Waals surface area contributed by atoms with Gasteiger partial charge in [-0.1, -0.05) is 41.4 Å². The molecule has 1 fully saturated rings. The molecule has 1 saturated carbocycles. The van der Waals surface area contributed by atoms with Crippen LogP contribution in [-0.4, -0.2) is 0 Å². The van der Waals surface area contributed by atoms with E-state index in [0.717, 1.165) is 18.4 Å². The predicted molar refractivity (Wildman–Crippen MR) is 81.9 cm³/mol. The summed E-state index contributed by atoms with van der Waals surface area (Å²) < 4.78 is 14.0. The fourth-order valence-corrected chi connectivity index (χ4v) is 2.66. The van der Waals surface area contributed by atoms with Gasteiger partial charge in [0.05, 0.1) is 16.8 Å². The van der Waals surface area contributed by atoms with Crippen LogP contribution in [0.5, 0.6) is 0 Å². The third kappa shape index (κ3) is 2.92. The molecule has 1 aliphatic carbocycles. The Morgan fingerprint density at radius 1 is 1.05 bits per heavy atom. The average Bonchev–Trinajstić information content (AvgIpc) is 3.26. The Morgan fingerprint density at radius 3 is 2.40 bits per heavy atom. The van der Waals surface area contributed by atoms with Gasteiger partial charge in [0.15, 0.2) is 5.82 Å². The largest absolute Gasteiger partial charge is 0.376 e. The molecule has 0 saturated heterocycles. The van der Waals surface area contributed by atoms with Crippen LogP contribution < -0.4 is 5.32 Å². The van der Waals surface area contributed by atoms with E-state index in [-0.39, 0.29) is 11.1 Å². The molecule has 0 amide bonds. The number of hydrogen-bond acceptors (Lipinski definition) is 1. The fourth-order valence-electron chi connectivity index (χ4n) is 2.36. The second-order valence-electron chi connectivity index (χ2n) is 5.11. The molecule has 1 nitrogen and oxygen atoms in total. The molecule has 4 heteroatoms. The molecular formula is C16H14Cl2FN. The third-order valence-corrected chi connectivity index (χ3v) is 4.13. The van der Waals surface area contributed by atoms with Crippen LogP contribution in [0.3, 0.4) is 0 Å². The second kappa shape index (κ2) is 5.63. The lowest BCUT2D eigenvalue weighted by Gasteiger charge is -2.21. The number of nitrogens with one attached hydrogen (secondary N) is 1. The van der Waals surface area contributed by atoms with Crippen LogP contribution in [0.4, 0.5) is 10.1 Å². The van der Waals surface area contributed by atoms with Gasteiger partial charge in [-0.05, 0) is 48.6 Å². The van der Waals surface area contributed by atoms with Crippen LogP contribution in [0.15, 0.2) is 42.5 Å². The quantitative estimate of drug-likeness (QED) is 0.764. The molecule has 0 radical (unpaired) electrons. The molecule has 2 aromatic carbocycles. The Labute approximate surface area is 127 Å². The summed E-state index contributed by atoms with van der Waals surface area (Å²) in [6.45, 7) is 0. The smallest absolute Gasteiger partial charge is 0.164 e. The Kier molecular flexibility index (Phi) is 3.86. The van der Waals surface area contributed by atoms with Gasteiger partial charge in [-0.3, -0.25) is 0 Å². The summed E-state index contributed by atoms with van der Waals surface area (Å²) in [6, 6.07) is 12.8. The molecule has 1 unspecified atom stereocenters. The molecule has 0 heterocycles. The highest BCUT2D eigenvalue weighted by molar-refractivity contribution is 6.31. The predicted octanol–water partition coefficient (Wildman–Crippen LogP) is 5.70. The molecule has 1 atom stereocenters. The number of anilines is 1. The first-order valence-corrected chi connectivity index (χ1v) is 7.37. The van der Waals surface area contributed by atoms with Crippen molar-refractivity contribution in [2.45, 2.75) is 18.9 Å². The average molecular weight is 310 g/mol. The molecule has 0 aromatic heterocycles. The first kappa shape index (κ1) is 13.7. The highest BCUT2D eigenvalue weighted by Crippen LogP contribution is 2.43. The molecule has 1 N–H and O–H groups in total. The van der Waals surface area contributed by atoms with Crippen molar-refractivity contribution in [3.8, 4) is 0 Å². The van der Waals surface area contributed by atoms with Gasteiger partial charge in [-0.2, -0.15) is 0 Å². The summed E-state index contributed by atoms with van der Waals surface area (Å²) in [5.41, 5.74) is 1.57. The van der Waals surface area contributed by atoms with Crippen molar-refractivity contribution >= 4 is 28.9 Å². The van der Waals surface area contributed by atoms with Gasteiger partial charge in [0.25, 0.3) is 0 Å². The molecule has 0 aliphatic heterocycles. The monoisotopic (exact) mass is 309 g/mol. The van der Waals surface area contributed by atoms with Crippen LogP contribution in [0.1, 0.15) is 24.4 Å². The van der Waals surface area contributed by atoms with Crippen LogP contribution in [0.25, 0.3) is 0 Å². The van der Waals surface area contributed by atoms with E-state index in [1.54, 1.807) is 18.2 Å². The van der Waals surface area contributed by atoms with E-state index in [4.69, 9.17) is 23.2 Å². The minimum atomic E-state index is -0.395. The Bertz CT molecular complexity index is 608. The maximum Gasteiger partial charge on any atom is 0.164 e. The number of rotatable bonds is 4. The number of hydrogen-bond donors (Lipinski definition) is 1. The summed E-state index contributed by atoms with van der Waals surface area (Å²) in [5, 5.41) is 4.13. The van der Waals surface area contributed by atoms with Gasteiger partial charge in [0.2, 0.25) is 0 Å². The minimum absolute atomic E-state index is 0.0974. The zero-order valence-electron chi connectivity index (χ0n) is 10.7. The second-order valence-corrected chi connectivity index (χ2v) is 5.96. The molecule has 1 aliphatic rings. The van der Waals surface area contributed by atoms with Gasteiger partial charge in [0, 0.05) is 5.02 Å². The van der Waals surface area contributed by atoms with Crippen LogP contribution in [-0.2, 0) is 0 Å². The Balaban J connectivity index is 1.88. The van der Waals surface area contributed by atoms with Crippen LogP contribution >= 0.6 is 23.2 Å². The van der Waals surface area contributed by atoms with Crippen molar-refractivity contribution in [3.63, 3.8) is 0 Å². The van der Waals surface area contributed by atoms with E-state index < -0.39 is 5.82 Å². The molecule has 20 heavy (non-hydrogen) atoms. The van der Waals surface area contributed by atoms with E-state index in [1.165, 1.54) is 0 Å². The van der Waals surface area contributed by atoms with Gasteiger partial charge < -0.3 is 5.32 Å². The van der Waals surface area contributed by atoms with Gasteiger partial charge in [0.1, 0.15) is 0 Å². The SMILES string of the molecule is Fc1c(Cl)cccc1NC(c1ccc(Cl)cc1)C1CC1. The standard InChI is InChI=1S/C16H14Cl2FN/c17-12-8-6-11(7-9-12)16(10-4-5-10)20-14-3-1-2-13(18)15(14)19/h1-3,6-10,16,20H,4-5H2. The van der Waals surface area contributed by atoms with E-state index in [0.29, 0.717) is 16.6 Å². The third-order valence-electron chi connectivity index (χ3n) is 3.59. The summed E-state index contributed by atoms with van der Waals surface area (Å²) in [5.74, 6) is 0.142. The van der Waals surface area contributed by atoms with E-state index in [2.05, 4.69) is 5.32 Å². The Morgan fingerprint density at radius 2 is 1.75 bits per heavy atom. The number of benzene rings is 2.